The minimum absolute atomic E-state index is 0. The smallest absolute Gasteiger partial charge is 0.394 e. The van der Waals surface area contributed by atoms with Crippen molar-refractivity contribution in [2.45, 2.75) is 0 Å². The first kappa shape index (κ1) is 47.7. The molecule has 66 valence electrons. The molecule has 0 aromatic carbocycles. The summed E-state index contributed by atoms with van der Waals surface area (Å²) < 4.78 is 0. The van der Waals surface area contributed by atoms with E-state index in [0.717, 1.165) is 0 Å². The van der Waals surface area contributed by atoms with Gasteiger partial charge in [-0.05, 0) is 0 Å². The predicted octanol–water partition coefficient (Wildman–Crippen LogP) is 1.02. The van der Waals surface area contributed by atoms with Crippen LogP contribution in [0.2, 0.25) is 0 Å². The second kappa shape index (κ2) is 57.8. The molecule has 2 nitrogen and oxygen atoms in total. The Morgan fingerprint density at radius 1 is 0.778 bits per heavy atom. The summed E-state index contributed by atoms with van der Waals surface area (Å²) in [6.45, 7) is -0.250. The Bertz CT molecular complexity index is 18.5. The molecule has 0 saturated carbocycles. The van der Waals surface area contributed by atoms with Gasteiger partial charge in [0.2, 0.25) is 0 Å². The topological polar surface area (TPSA) is 40.5 Å². The molecule has 0 radical (unpaired) electrons. The van der Waals surface area contributed by atoms with Gasteiger partial charge in [0, 0.05) is 0 Å². The van der Waals surface area contributed by atoms with E-state index in [2.05, 4.69) is 0 Å². The fourth-order valence-electron chi connectivity index (χ4n) is 0. The van der Waals surface area contributed by atoms with Gasteiger partial charge >= 0.3 is 16.5 Å². The van der Waals surface area contributed by atoms with Gasteiger partial charge in [-0.25, -0.2) is 0 Å². The first-order valence-electron chi connectivity index (χ1n) is 1.13. The van der Waals surface area contributed by atoms with Crippen molar-refractivity contribution in [3.05, 3.63) is 14.9 Å². The van der Waals surface area contributed by atoms with E-state index in [1.165, 1.54) is 0 Å². The average molecular weight is 313 g/mol. The summed E-state index contributed by atoms with van der Waals surface area (Å²) in [6.07, 6.45) is 0. The Kier molecular flexibility index (Phi) is 306. The van der Waals surface area contributed by atoms with Crippen molar-refractivity contribution in [3.63, 3.8) is 0 Å². The van der Waals surface area contributed by atoms with Crippen LogP contribution in [0.4, 0.5) is 0 Å². The van der Waals surface area contributed by atoms with Gasteiger partial charge in [0.25, 0.3) is 0 Å². The Hall–Kier alpha value is 1.37. The van der Waals surface area contributed by atoms with Gasteiger partial charge in [-0.3, -0.25) is 0 Å². The van der Waals surface area contributed by atoms with Crippen molar-refractivity contribution < 1.29 is 26.7 Å². The maximum absolute atomic E-state index is 7.62. The molecule has 0 amide bonds. The molecule has 0 aromatic heterocycles. The van der Waals surface area contributed by atoms with Gasteiger partial charge in [0.15, 0.2) is 0 Å². The molecule has 0 aliphatic heterocycles. The summed E-state index contributed by atoms with van der Waals surface area (Å²) >= 11 is 0. The Morgan fingerprint density at radius 3 is 0.889 bits per heavy atom. The Balaban J connectivity index is -0.00000000450. The molecule has 0 atom stereocenters. The zero-order chi connectivity index (χ0) is 3.41. The standard InChI is InChI=1S/C2H6O2.2CH3.2BrH.Ni/c3-1-2-4;;;;;/h3-4H,1-2H2;2*1H3;2*1H;/q;2*-1;;;+2. The van der Waals surface area contributed by atoms with Crippen molar-refractivity contribution in [2.75, 3.05) is 13.2 Å². The van der Waals surface area contributed by atoms with Gasteiger partial charge in [-0.2, -0.15) is 0 Å². The largest absolute Gasteiger partial charge is 2.00 e. The first-order chi connectivity index (χ1) is 1.91. The van der Waals surface area contributed by atoms with Gasteiger partial charge in [0.1, 0.15) is 0 Å². The van der Waals surface area contributed by atoms with Crippen molar-refractivity contribution >= 4 is 34.0 Å². The van der Waals surface area contributed by atoms with Crippen LogP contribution in [0.3, 0.4) is 0 Å². The normalized spacial score (nSPS) is 3.33. The van der Waals surface area contributed by atoms with Crippen LogP contribution < -0.4 is 0 Å². The molecule has 0 spiro atoms. The fraction of sp³-hybridized carbons (Fsp3) is 0.500. The van der Waals surface area contributed by atoms with Crippen LogP contribution in [0.15, 0.2) is 0 Å². The molecule has 0 aromatic rings. The molecule has 0 fully saturated rings. The maximum Gasteiger partial charge on any atom is 2.00 e. The SMILES string of the molecule is Br.Br.OCCO.[CH3-].[CH3-].[Ni+2]. The summed E-state index contributed by atoms with van der Waals surface area (Å²) in [5.74, 6) is 0. The third-order valence-electron chi connectivity index (χ3n) is 0.1000. The third kappa shape index (κ3) is 90.5. The van der Waals surface area contributed by atoms with E-state index in [9.17, 15) is 0 Å². The van der Waals surface area contributed by atoms with E-state index in [1.807, 2.05) is 0 Å². The van der Waals surface area contributed by atoms with E-state index in [-0.39, 0.29) is 78.5 Å². The number of aliphatic hydroxyl groups is 2. The quantitative estimate of drug-likeness (QED) is 0.561. The van der Waals surface area contributed by atoms with Crippen LogP contribution in [0.25, 0.3) is 0 Å². The van der Waals surface area contributed by atoms with Gasteiger partial charge in [-0.15, -0.1) is 34.0 Å². The minimum atomic E-state index is -0.125. The predicted molar refractivity (Wildman–Crippen MR) is 47.6 cm³/mol. The van der Waals surface area contributed by atoms with Gasteiger partial charge in [-0.1, -0.05) is 0 Å². The fourth-order valence-corrected chi connectivity index (χ4v) is 0. The monoisotopic (exact) mass is 310 g/mol. The molecule has 2 N–H and O–H groups in total. The first-order valence-corrected chi connectivity index (χ1v) is 1.13. The molecule has 0 rings (SSSR count). The van der Waals surface area contributed by atoms with Crippen LogP contribution in [0.1, 0.15) is 0 Å². The third-order valence-corrected chi connectivity index (χ3v) is 0.1000. The average Bonchev–Trinajstić information content (AvgIpc) is 1.37. The van der Waals surface area contributed by atoms with Gasteiger partial charge < -0.3 is 25.1 Å². The van der Waals surface area contributed by atoms with Crippen LogP contribution >= 0.6 is 34.0 Å². The van der Waals surface area contributed by atoms with Crippen LogP contribution in [0, 0.1) is 14.9 Å². The number of aliphatic hydroxyl groups excluding tert-OH is 2. The van der Waals surface area contributed by atoms with Gasteiger partial charge in [0.05, 0.1) is 13.2 Å². The molecule has 5 heteroatoms. The van der Waals surface area contributed by atoms with E-state index in [0.29, 0.717) is 0 Å². The second-order valence-electron chi connectivity index (χ2n) is 0.447. The molecule has 0 heterocycles. The number of hydrogen-bond acceptors (Lipinski definition) is 2. The Morgan fingerprint density at radius 2 is 0.889 bits per heavy atom. The molecule has 0 unspecified atom stereocenters. The molecule has 0 bridgehead atoms. The maximum atomic E-state index is 7.62. The van der Waals surface area contributed by atoms with Crippen LogP contribution in [-0.4, -0.2) is 23.4 Å². The molecular weight excluding hydrogens is 299 g/mol. The summed E-state index contributed by atoms with van der Waals surface area (Å²) in [4.78, 5) is 0. The molecule has 9 heavy (non-hydrogen) atoms. The summed E-state index contributed by atoms with van der Waals surface area (Å²) in [5, 5.41) is 15.2. The van der Waals surface area contributed by atoms with Crippen molar-refractivity contribution in [2.24, 2.45) is 0 Å². The summed E-state index contributed by atoms with van der Waals surface area (Å²) in [7, 11) is 0. The number of halogens is 2. The zero-order valence-electron chi connectivity index (χ0n) is 5.44. The van der Waals surface area contributed by atoms with Crippen molar-refractivity contribution in [1.82, 2.24) is 0 Å². The number of hydrogen-bond donors (Lipinski definition) is 2. The van der Waals surface area contributed by atoms with E-state index in [4.69, 9.17) is 10.2 Å². The van der Waals surface area contributed by atoms with E-state index in [1.54, 1.807) is 0 Å². The van der Waals surface area contributed by atoms with Crippen molar-refractivity contribution in [3.8, 4) is 0 Å². The van der Waals surface area contributed by atoms with E-state index >= 15 is 0 Å². The number of rotatable bonds is 1. The van der Waals surface area contributed by atoms with Crippen LogP contribution in [0.5, 0.6) is 0 Å². The molecule has 0 aliphatic rings. The zero-order valence-corrected chi connectivity index (χ0v) is 9.86. The minimum Gasteiger partial charge on any atom is -0.394 e. The molecule has 0 saturated heterocycles. The summed E-state index contributed by atoms with van der Waals surface area (Å²) in [6, 6.07) is 0. The second-order valence-corrected chi connectivity index (χ2v) is 0.447. The van der Waals surface area contributed by atoms with Crippen molar-refractivity contribution in [1.29, 1.82) is 0 Å². The van der Waals surface area contributed by atoms with E-state index < -0.39 is 0 Å². The molecule has 0 aliphatic carbocycles. The Labute approximate surface area is 88.5 Å². The summed E-state index contributed by atoms with van der Waals surface area (Å²) in [5.41, 5.74) is 0. The van der Waals surface area contributed by atoms with Crippen LogP contribution in [-0.2, 0) is 16.5 Å². The molecular formula is C4H14Br2NiO2.